The maximum Gasteiger partial charge on any atom is 0.151 e. The van der Waals surface area contributed by atoms with Gasteiger partial charge in [-0.05, 0) is 42.3 Å². The van der Waals surface area contributed by atoms with Crippen molar-refractivity contribution in [2.24, 2.45) is 0 Å². The van der Waals surface area contributed by atoms with Crippen molar-refractivity contribution < 1.29 is 0 Å². The van der Waals surface area contributed by atoms with Crippen LogP contribution < -0.4 is 10.2 Å². The summed E-state index contributed by atoms with van der Waals surface area (Å²) in [5, 5.41) is 4.43. The van der Waals surface area contributed by atoms with Gasteiger partial charge < -0.3 is 10.2 Å². The second-order valence-corrected chi connectivity index (χ2v) is 6.86. The summed E-state index contributed by atoms with van der Waals surface area (Å²) in [6.07, 6.45) is 2.90. The summed E-state index contributed by atoms with van der Waals surface area (Å²) in [5.41, 5.74) is 2.35. The maximum absolute atomic E-state index is 6.17. The second-order valence-electron chi connectivity index (χ2n) is 5.29. The number of hydrogen-bond donors (Lipinski definition) is 1. The molecule has 1 aromatic heterocycles. The first-order valence-corrected chi connectivity index (χ1v) is 8.32. The lowest BCUT2D eigenvalue weighted by Gasteiger charge is -2.28. The molecular formula is C16H18ClN3S. The highest BCUT2D eigenvalue weighted by atomic mass is 35.5. The normalized spacial score (nSPS) is 17.2. The fourth-order valence-corrected chi connectivity index (χ4v) is 3.86. The first-order valence-electron chi connectivity index (χ1n) is 6.96. The highest BCUT2D eigenvalue weighted by Gasteiger charge is 2.22. The van der Waals surface area contributed by atoms with E-state index in [1.807, 2.05) is 49.1 Å². The lowest BCUT2D eigenvalue weighted by atomic mass is 10.0. The molecule has 21 heavy (non-hydrogen) atoms. The minimum atomic E-state index is 0.280. The van der Waals surface area contributed by atoms with Crippen molar-refractivity contribution in [2.75, 3.05) is 30.1 Å². The molecule has 0 radical (unpaired) electrons. The molecule has 0 fully saturated rings. The molecule has 0 aliphatic carbocycles. The molecule has 1 N–H and O–H groups in total. The van der Waals surface area contributed by atoms with Crippen LogP contribution in [0.2, 0.25) is 5.02 Å². The van der Waals surface area contributed by atoms with Crippen LogP contribution in [0.3, 0.4) is 0 Å². The number of nitrogens with one attached hydrogen (secondary N) is 1. The molecule has 0 spiro atoms. The van der Waals surface area contributed by atoms with E-state index in [0.29, 0.717) is 0 Å². The molecule has 0 saturated carbocycles. The van der Waals surface area contributed by atoms with Gasteiger partial charge in [0.15, 0.2) is 5.82 Å². The van der Waals surface area contributed by atoms with E-state index in [1.54, 1.807) is 0 Å². The molecule has 1 aliphatic rings. The van der Waals surface area contributed by atoms with E-state index in [4.69, 9.17) is 11.6 Å². The highest BCUT2D eigenvalue weighted by Crippen LogP contribution is 2.40. The van der Waals surface area contributed by atoms with Crippen LogP contribution in [0.5, 0.6) is 0 Å². The quantitative estimate of drug-likeness (QED) is 0.904. The van der Waals surface area contributed by atoms with Crippen LogP contribution in [0, 0.1) is 0 Å². The topological polar surface area (TPSA) is 28.2 Å². The van der Waals surface area contributed by atoms with Crippen LogP contribution in [-0.2, 0) is 0 Å². The number of nitrogens with zero attached hydrogens (tertiary/aromatic N) is 2. The average molecular weight is 320 g/mol. The van der Waals surface area contributed by atoms with Gasteiger partial charge in [0, 0.05) is 36.0 Å². The lowest BCUT2D eigenvalue weighted by molar-refractivity contribution is 0.727. The number of aromatic nitrogens is 1. The molecule has 1 aromatic carbocycles. The summed E-state index contributed by atoms with van der Waals surface area (Å²) in [5.74, 6) is 2.07. The molecule has 2 heterocycles. The van der Waals surface area contributed by atoms with Crippen LogP contribution in [0.15, 0.2) is 41.4 Å². The second kappa shape index (κ2) is 6.16. The fraction of sp³-hybridized carbons (Fsp3) is 0.312. The number of fused-ring (bicyclic) bond motifs is 1. The van der Waals surface area contributed by atoms with Crippen LogP contribution in [0.1, 0.15) is 18.0 Å². The van der Waals surface area contributed by atoms with E-state index >= 15 is 0 Å². The Hall–Kier alpha value is -1.39. The minimum absolute atomic E-state index is 0.280. The van der Waals surface area contributed by atoms with Gasteiger partial charge in [-0.15, -0.1) is 11.8 Å². The van der Waals surface area contributed by atoms with E-state index in [2.05, 4.69) is 28.5 Å². The number of thioether (sulfide) groups is 1. The Morgan fingerprint density at radius 3 is 3.00 bits per heavy atom. The van der Waals surface area contributed by atoms with Gasteiger partial charge in [-0.3, -0.25) is 0 Å². The van der Waals surface area contributed by atoms with Crippen molar-refractivity contribution in [3.8, 4) is 0 Å². The molecule has 0 saturated heterocycles. The third kappa shape index (κ3) is 3.11. The Labute approximate surface area is 134 Å². The molecule has 3 rings (SSSR count). The molecule has 0 bridgehead atoms. The van der Waals surface area contributed by atoms with E-state index in [1.165, 1.54) is 10.5 Å². The first-order chi connectivity index (χ1) is 10.1. The van der Waals surface area contributed by atoms with Crippen molar-refractivity contribution >= 4 is 34.9 Å². The number of pyridine rings is 1. The SMILES string of the molecule is CN(C)c1ncccc1NC1CCSc2ccc(Cl)cc21. The molecule has 0 amide bonds. The van der Waals surface area contributed by atoms with Gasteiger partial charge in [0.25, 0.3) is 0 Å². The van der Waals surface area contributed by atoms with E-state index < -0.39 is 0 Å². The Balaban J connectivity index is 1.92. The summed E-state index contributed by atoms with van der Waals surface area (Å²) < 4.78 is 0. The Bertz CT molecular complexity index is 645. The standard InChI is InChI=1S/C16H18ClN3S/c1-20(2)16-14(4-3-8-18-16)19-13-7-9-21-15-6-5-11(17)10-12(13)15/h3-6,8,10,13,19H,7,9H2,1-2H3. The van der Waals surface area contributed by atoms with E-state index in [9.17, 15) is 0 Å². The zero-order chi connectivity index (χ0) is 14.8. The van der Waals surface area contributed by atoms with Gasteiger partial charge in [-0.2, -0.15) is 0 Å². The molecule has 5 heteroatoms. The minimum Gasteiger partial charge on any atom is -0.375 e. The van der Waals surface area contributed by atoms with Crippen molar-refractivity contribution in [2.45, 2.75) is 17.4 Å². The molecular weight excluding hydrogens is 302 g/mol. The average Bonchev–Trinajstić information content (AvgIpc) is 2.48. The monoisotopic (exact) mass is 319 g/mol. The summed E-state index contributed by atoms with van der Waals surface area (Å²) in [4.78, 5) is 7.79. The summed E-state index contributed by atoms with van der Waals surface area (Å²) in [7, 11) is 4.02. The molecule has 3 nitrogen and oxygen atoms in total. The molecule has 110 valence electrons. The van der Waals surface area contributed by atoms with Crippen LogP contribution in [0.25, 0.3) is 0 Å². The predicted octanol–water partition coefficient (Wildman–Crippen LogP) is 4.45. The first kappa shape index (κ1) is 14.5. The maximum atomic E-state index is 6.17. The van der Waals surface area contributed by atoms with E-state index in [-0.39, 0.29) is 6.04 Å². The number of anilines is 2. The lowest BCUT2D eigenvalue weighted by Crippen LogP contribution is -2.19. The number of rotatable bonds is 3. The zero-order valence-electron chi connectivity index (χ0n) is 12.1. The largest absolute Gasteiger partial charge is 0.375 e. The highest BCUT2D eigenvalue weighted by molar-refractivity contribution is 7.99. The predicted molar refractivity (Wildman–Crippen MR) is 91.7 cm³/mol. The Morgan fingerprint density at radius 1 is 1.33 bits per heavy atom. The van der Waals surface area contributed by atoms with E-state index in [0.717, 1.165) is 28.7 Å². The van der Waals surface area contributed by atoms with Gasteiger partial charge >= 0.3 is 0 Å². The number of halogens is 1. The molecule has 1 unspecified atom stereocenters. The number of benzene rings is 1. The van der Waals surface area contributed by atoms with Gasteiger partial charge in [0.05, 0.1) is 11.7 Å². The Kier molecular flexibility index (Phi) is 4.27. The van der Waals surface area contributed by atoms with Crippen molar-refractivity contribution in [3.63, 3.8) is 0 Å². The molecule has 1 aliphatic heterocycles. The molecule has 2 aromatic rings. The van der Waals surface area contributed by atoms with Gasteiger partial charge in [0.1, 0.15) is 0 Å². The van der Waals surface area contributed by atoms with Crippen LogP contribution in [0.4, 0.5) is 11.5 Å². The molecule has 1 atom stereocenters. The van der Waals surface area contributed by atoms with Gasteiger partial charge in [-0.1, -0.05) is 11.6 Å². The van der Waals surface area contributed by atoms with Gasteiger partial charge in [0.2, 0.25) is 0 Å². The fourth-order valence-electron chi connectivity index (χ4n) is 2.57. The zero-order valence-corrected chi connectivity index (χ0v) is 13.7. The van der Waals surface area contributed by atoms with Crippen LogP contribution >= 0.6 is 23.4 Å². The smallest absolute Gasteiger partial charge is 0.151 e. The van der Waals surface area contributed by atoms with Crippen molar-refractivity contribution in [1.29, 1.82) is 0 Å². The summed E-state index contributed by atoms with van der Waals surface area (Å²) in [6.45, 7) is 0. The third-order valence-corrected chi connectivity index (χ3v) is 4.91. The van der Waals surface area contributed by atoms with Crippen molar-refractivity contribution in [1.82, 2.24) is 4.98 Å². The number of hydrogen-bond acceptors (Lipinski definition) is 4. The van der Waals surface area contributed by atoms with Crippen molar-refractivity contribution in [3.05, 3.63) is 47.1 Å². The summed E-state index contributed by atoms with van der Waals surface area (Å²) in [6, 6.07) is 10.5. The summed E-state index contributed by atoms with van der Waals surface area (Å²) >= 11 is 8.07. The third-order valence-electron chi connectivity index (χ3n) is 3.55. The van der Waals surface area contributed by atoms with Crippen LogP contribution in [-0.4, -0.2) is 24.8 Å². The van der Waals surface area contributed by atoms with Gasteiger partial charge in [-0.25, -0.2) is 4.98 Å². The Morgan fingerprint density at radius 2 is 2.19 bits per heavy atom.